The Morgan fingerprint density at radius 1 is 0.739 bits per heavy atom. The zero-order chi connectivity index (χ0) is 15.5. The lowest BCUT2D eigenvalue weighted by atomic mass is 10.2. The van der Waals surface area contributed by atoms with Crippen molar-refractivity contribution in [2.75, 3.05) is 10.2 Å². The number of hydrogen-bond donors (Lipinski definition) is 1. The highest BCUT2D eigenvalue weighted by Gasteiger charge is 2.26. The molecule has 4 rings (SSSR count). The minimum atomic E-state index is 0.745. The van der Waals surface area contributed by atoms with Crippen molar-refractivity contribution in [1.29, 1.82) is 0 Å². The molecule has 0 saturated heterocycles. The molecular weight excluding hydrogens is 286 g/mol. The van der Waals surface area contributed by atoms with Crippen LogP contribution in [-0.4, -0.2) is 10.8 Å². The van der Waals surface area contributed by atoms with Gasteiger partial charge in [0.15, 0.2) is 11.7 Å². The average Bonchev–Trinajstić information content (AvgIpc) is 3.09. The summed E-state index contributed by atoms with van der Waals surface area (Å²) in [6.45, 7) is 0. The van der Waals surface area contributed by atoms with E-state index in [1.807, 2.05) is 84.0 Å². The maximum atomic E-state index is 4.69. The SMILES string of the molecule is c1ccc(C2=NN(c3ccccn3)N(c3ccccc3)N2)cc1. The van der Waals surface area contributed by atoms with E-state index >= 15 is 0 Å². The van der Waals surface area contributed by atoms with Crippen molar-refractivity contribution in [3.05, 3.63) is 90.6 Å². The highest BCUT2D eigenvalue weighted by Crippen LogP contribution is 2.23. The number of nitrogens with one attached hydrogen (secondary N) is 1. The van der Waals surface area contributed by atoms with Gasteiger partial charge in [-0.15, -0.1) is 10.2 Å². The monoisotopic (exact) mass is 301 g/mol. The molecule has 0 unspecified atom stereocenters. The van der Waals surface area contributed by atoms with Crippen LogP contribution in [0.3, 0.4) is 0 Å². The summed E-state index contributed by atoms with van der Waals surface area (Å²) in [7, 11) is 0. The zero-order valence-electron chi connectivity index (χ0n) is 12.4. The molecule has 0 aliphatic carbocycles. The summed E-state index contributed by atoms with van der Waals surface area (Å²) in [6.07, 6.45) is 1.76. The fourth-order valence-electron chi connectivity index (χ4n) is 2.40. The van der Waals surface area contributed by atoms with Crippen LogP contribution in [0.1, 0.15) is 5.56 Å². The summed E-state index contributed by atoms with van der Waals surface area (Å²) in [5.41, 5.74) is 5.34. The summed E-state index contributed by atoms with van der Waals surface area (Å²) in [6, 6.07) is 25.8. The van der Waals surface area contributed by atoms with E-state index in [1.54, 1.807) is 11.3 Å². The molecule has 2 aromatic carbocycles. The van der Waals surface area contributed by atoms with Crippen LogP contribution < -0.4 is 15.7 Å². The van der Waals surface area contributed by atoms with E-state index in [9.17, 15) is 0 Å². The van der Waals surface area contributed by atoms with Crippen LogP contribution in [0.15, 0.2) is 90.2 Å². The molecule has 1 N–H and O–H groups in total. The summed E-state index contributed by atoms with van der Waals surface area (Å²) < 4.78 is 0. The lowest BCUT2D eigenvalue weighted by Gasteiger charge is -2.26. The Kier molecular flexibility index (Phi) is 3.37. The maximum Gasteiger partial charge on any atom is 0.176 e. The van der Waals surface area contributed by atoms with Crippen LogP contribution in [-0.2, 0) is 0 Å². The first-order valence-electron chi connectivity index (χ1n) is 7.39. The molecule has 5 nitrogen and oxygen atoms in total. The predicted octanol–water partition coefficient (Wildman–Crippen LogP) is 3.19. The third kappa shape index (κ3) is 2.60. The summed E-state index contributed by atoms with van der Waals surface area (Å²) in [5.74, 6) is 1.52. The van der Waals surface area contributed by atoms with Gasteiger partial charge in [-0.25, -0.2) is 4.98 Å². The van der Waals surface area contributed by atoms with E-state index in [0.717, 1.165) is 22.9 Å². The molecule has 0 spiro atoms. The molecule has 5 heteroatoms. The molecule has 3 aromatic rings. The van der Waals surface area contributed by atoms with Crippen molar-refractivity contribution in [3.63, 3.8) is 0 Å². The summed E-state index contributed by atoms with van der Waals surface area (Å²) in [5, 5.41) is 8.33. The molecule has 0 radical (unpaired) electrons. The van der Waals surface area contributed by atoms with Crippen molar-refractivity contribution in [1.82, 2.24) is 10.4 Å². The Bertz CT molecular complexity index is 803. The molecule has 0 bridgehead atoms. The molecule has 2 heterocycles. The number of para-hydroxylation sites is 1. The van der Waals surface area contributed by atoms with Crippen molar-refractivity contribution >= 4 is 17.3 Å². The fraction of sp³-hybridized carbons (Fsp3) is 0. The van der Waals surface area contributed by atoms with Crippen molar-refractivity contribution in [2.45, 2.75) is 0 Å². The van der Waals surface area contributed by atoms with E-state index < -0.39 is 0 Å². The average molecular weight is 301 g/mol. The number of hydrazone groups is 1. The minimum Gasteiger partial charge on any atom is -0.259 e. The van der Waals surface area contributed by atoms with Gasteiger partial charge in [-0.05, 0) is 24.3 Å². The fourth-order valence-corrected chi connectivity index (χ4v) is 2.40. The van der Waals surface area contributed by atoms with Gasteiger partial charge < -0.3 is 0 Å². The van der Waals surface area contributed by atoms with E-state index in [2.05, 4.69) is 15.5 Å². The Hall–Kier alpha value is -3.34. The highest BCUT2D eigenvalue weighted by atomic mass is 15.9. The van der Waals surface area contributed by atoms with Gasteiger partial charge in [-0.3, -0.25) is 5.43 Å². The number of pyridine rings is 1. The van der Waals surface area contributed by atoms with Gasteiger partial charge in [0.2, 0.25) is 0 Å². The van der Waals surface area contributed by atoms with Crippen LogP contribution >= 0.6 is 0 Å². The van der Waals surface area contributed by atoms with Crippen LogP contribution in [0, 0.1) is 0 Å². The number of hydrazine groups is 2. The highest BCUT2D eigenvalue weighted by molar-refractivity contribution is 6.02. The van der Waals surface area contributed by atoms with Crippen LogP contribution in [0.2, 0.25) is 0 Å². The Morgan fingerprint density at radius 3 is 2.13 bits per heavy atom. The Labute approximate surface area is 134 Å². The molecule has 112 valence electrons. The first-order valence-corrected chi connectivity index (χ1v) is 7.39. The van der Waals surface area contributed by atoms with Crippen molar-refractivity contribution in [3.8, 4) is 0 Å². The Morgan fingerprint density at radius 2 is 1.43 bits per heavy atom. The van der Waals surface area contributed by atoms with E-state index in [4.69, 9.17) is 0 Å². The molecule has 0 amide bonds. The molecule has 0 fully saturated rings. The summed E-state index contributed by atoms with van der Waals surface area (Å²) >= 11 is 0. The number of rotatable bonds is 3. The van der Waals surface area contributed by atoms with E-state index in [0.29, 0.717) is 0 Å². The molecule has 1 aliphatic heterocycles. The van der Waals surface area contributed by atoms with Gasteiger partial charge in [0.25, 0.3) is 0 Å². The molecule has 1 aromatic heterocycles. The van der Waals surface area contributed by atoms with Gasteiger partial charge >= 0.3 is 0 Å². The molecule has 23 heavy (non-hydrogen) atoms. The molecule has 1 aliphatic rings. The van der Waals surface area contributed by atoms with Crippen LogP contribution in [0.25, 0.3) is 0 Å². The number of nitrogens with zero attached hydrogens (tertiary/aromatic N) is 4. The number of amidine groups is 1. The molecule has 0 atom stereocenters. The van der Waals surface area contributed by atoms with Gasteiger partial charge in [-0.1, -0.05) is 54.6 Å². The van der Waals surface area contributed by atoms with Crippen molar-refractivity contribution < 1.29 is 0 Å². The second-order valence-electron chi connectivity index (χ2n) is 5.05. The van der Waals surface area contributed by atoms with Crippen LogP contribution in [0.5, 0.6) is 0 Å². The lowest BCUT2D eigenvalue weighted by molar-refractivity contribution is 0.759. The number of aromatic nitrogens is 1. The zero-order valence-corrected chi connectivity index (χ0v) is 12.4. The second-order valence-corrected chi connectivity index (χ2v) is 5.05. The Balaban J connectivity index is 1.75. The van der Waals surface area contributed by atoms with Gasteiger partial charge in [0.1, 0.15) is 0 Å². The largest absolute Gasteiger partial charge is 0.259 e. The smallest absolute Gasteiger partial charge is 0.176 e. The first-order chi connectivity index (χ1) is 11.4. The first kappa shape index (κ1) is 13.3. The van der Waals surface area contributed by atoms with Crippen LogP contribution in [0.4, 0.5) is 11.5 Å². The minimum absolute atomic E-state index is 0.745. The number of anilines is 2. The third-order valence-electron chi connectivity index (χ3n) is 3.50. The van der Waals surface area contributed by atoms with Gasteiger partial charge in [-0.2, -0.15) is 5.12 Å². The predicted molar refractivity (Wildman–Crippen MR) is 91.8 cm³/mol. The van der Waals surface area contributed by atoms with E-state index in [-0.39, 0.29) is 0 Å². The second kappa shape index (κ2) is 5.81. The van der Waals surface area contributed by atoms with E-state index in [1.165, 1.54) is 0 Å². The number of hydrogen-bond acceptors (Lipinski definition) is 5. The number of benzene rings is 2. The molecular formula is C18H15N5. The standard InChI is InChI=1S/C18H15N5/c1-3-9-15(10-4-1)18-20-22(16-11-5-2-6-12-16)23(21-18)17-13-7-8-14-19-17/h1-14H,(H,20,21). The lowest BCUT2D eigenvalue weighted by Crippen LogP contribution is -2.45. The van der Waals surface area contributed by atoms with Gasteiger partial charge in [0.05, 0.1) is 5.69 Å². The maximum absolute atomic E-state index is 4.69. The summed E-state index contributed by atoms with van der Waals surface area (Å²) in [4.78, 5) is 4.40. The van der Waals surface area contributed by atoms with Gasteiger partial charge in [0, 0.05) is 11.8 Å². The normalized spacial score (nSPS) is 13.7. The topological polar surface area (TPSA) is 43.8 Å². The molecule has 0 saturated carbocycles. The quantitative estimate of drug-likeness (QED) is 0.807. The third-order valence-corrected chi connectivity index (χ3v) is 3.50. The van der Waals surface area contributed by atoms with Crippen molar-refractivity contribution in [2.24, 2.45) is 5.10 Å².